The Hall–Kier alpha value is -4.33. The van der Waals surface area contributed by atoms with E-state index in [4.69, 9.17) is 15.2 Å². The van der Waals surface area contributed by atoms with E-state index in [0.29, 0.717) is 16.5 Å². The maximum atomic E-state index is 15.1. The van der Waals surface area contributed by atoms with Crippen LogP contribution in [0.1, 0.15) is 17.0 Å². The Balaban J connectivity index is 2.46. The van der Waals surface area contributed by atoms with Crippen molar-refractivity contribution in [2.24, 2.45) is 5.73 Å². The average Bonchev–Trinajstić information content (AvgIpc) is 2.82. The van der Waals surface area contributed by atoms with E-state index >= 15 is 4.39 Å². The molecule has 1 heterocycles. The van der Waals surface area contributed by atoms with Crippen LogP contribution in [0.3, 0.4) is 0 Å². The van der Waals surface area contributed by atoms with E-state index in [9.17, 15) is 28.0 Å². The average molecular weight is 475 g/mol. The maximum absolute atomic E-state index is 15.1. The number of carbonyl (C=O) groups is 2. The third-order valence-corrected chi connectivity index (χ3v) is 5.13. The number of nitrogens with two attached hydrogens (primary N) is 1. The number of nitriles is 1. The summed E-state index contributed by atoms with van der Waals surface area (Å²) >= 11 is 0. The predicted octanol–water partition coefficient (Wildman–Crippen LogP) is 3.74. The Morgan fingerprint density at radius 1 is 1.03 bits per heavy atom. The zero-order valence-electron chi connectivity index (χ0n) is 17.8. The van der Waals surface area contributed by atoms with Gasteiger partial charge < -0.3 is 15.2 Å². The van der Waals surface area contributed by atoms with Gasteiger partial charge in [0.2, 0.25) is 0 Å². The molecule has 2 N–H and O–H groups in total. The molecule has 7 nitrogen and oxygen atoms in total. The van der Waals surface area contributed by atoms with Gasteiger partial charge in [0, 0.05) is 0 Å². The van der Waals surface area contributed by atoms with E-state index in [-0.39, 0.29) is 5.57 Å². The molecule has 1 aliphatic rings. The minimum absolute atomic E-state index is 0.309. The molecule has 1 aliphatic heterocycles. The fourth-order valence-electron chi connectivity index (χ4n) is 3.67. The van der Waals surface area contributed by atoms with Gasteiger partial charge in [-0.2, -0.15) is 18.4 Å². The van der Waals surface area contributed by atoms with Gasteiger partial charge >= 0.3 is 18.1 Å². The summed E-state index contributed by atoms with van der Waals surface area (Å²) in [5.74, 6) is -5.86. The summed E-state index contributed by atoms with van der Waals surface area (Å²) in [6.07, 6.45) is -5.07. The third kappa shape index (κ3) is 4.05. The van der Waals surface area contributed by atoms with Gasteiger partial charge in [0.25, 0.3) is 0 Å². The lowest BCUT2D eigenvalue weighted by molar-refractivity contribution is -0.140. The molecule has 3 rings (SSSR count). The Morgan fingerprint density at radius 2 is 1.65 bits per heavy atom. The van der Waals surface area contributed by atoms with Crippen molar-refractivity contribution < 1.29 is 36.6 Å². The zero-order valence-corrected chi connectivity index (χ0v) is 17.8. The van der Waals surface area contributed by atoms with Crippen LogP contribution < -0.4 is 10.6 Å². The van der Waals surface area contributed by atoms with Crippen molar-refractivity contribution in [2.75, 3.05) is 19.1 Å². The summed E-state index contributed by atoms with van der Waals surface area (Å²) in [5, 5.41) is 9.89. The smallest absolute Gasteiger partial charge is 0.419 e. The highest BCUT2D eigenvalue weighted by Gasteiger charge is 2.44. The number of allylic oxidation sites excluding steroid dienone is 1. The third-order valence-electron chi connectivity index (χ3n) is 5.13. The molecule has 0 saturated heterocycles. The SMILES string of the molecule is COC(=O)C1=C(C(=O)OC)N(c2cccc(C(F)(F)F)c2F)C(N)=C(C#N)C1c1ccccc1. The van der Waals surface area contributed by atoms with Crippen LogP contribution in [0.15, 0.2) is 71.2 Å². The van der Waals surface area contributed by atoms with E-state index in [1.54, 1.807) is 30.3 Å². The summed E-state index contributed by atoms with van der Waals surface area (Å²) in [6, 6.07) is 12.1. The second kappa shape index (κ2) is 9.27. The van der Waals surface area contributed by atoms with Gasteiger partial charge in [-0.25, -0.2) is 14.0 Å². The first kappa shape index (κ1) is 24.3. The van der Waals surface area contributed by atoms with E-state index in [1.807, 2.05) is 6.07 Å². The zero-order chi connectivity index (χ0) is 25.2. The molecule has 2 aromatic rings. The molecule has 1 unspecified atom stereocenters. The number of ether oxygens (including phenoxy) is 2. The Kier molecular flexibility index (Phi) is 6.63. The van der Waals surface area contributed by atoms with Gasteiger partial charge in [-0.05, 0) is 17.7 Å². The molecule has 0 fully saturated rings. The monoisotopic (exact) mass is 475 g/mol. The molecule has 0 radical (unpaired) electrons. The van der Waals surface area contributed by atoms with Crippen LogP contribution in [-0.2, 0) is 25.2 Å². The fourth-order valence-corrected chi connectivity index (χ4v) is 3.67. The molecule has 2 aromatic carbocycles. The molecular weight excluding hydrogens is 458 g/mol. The molecule has 0 bridgehead atoms. The van der Waals surface area contributed by atoms with Crippen molar-refractivity contribution in [1.29, 1.82) is 5.26 Å². The first-order chi connectivity index (χ1) is 16.1. The summed E-state index contributed by atoms with van der Waals surface area (Å²) in [6.45, 7) is 0. The highest BCUT2D eigenvalue weighted by atomic mass is 19.4. The quantitative estimate of drug-likeness (QED) is 0.531. The van der Waals surface area contributed by atoms with Crippen molar-refractivity contribution in [3.05, 3.63) is 88.1 Å². The number of esters is 2. The molecular formula is C23H17F4N3O4. The topological polar surface area (TPSA) is 106 Å². The first-order valence-electron chi connectivity index (χ1n) is 9.59. The van der Waals surface area contributed by atoms with Gasteiger partial charge in [-0.15, -0.1) is 0 Å². The molecule has 0 spiro atoms. The highest BCUT2D eigenvalue weighted by molar-refractivity contribution is 6.06. The summed E-state index contributed by atoms with van der Waals surface area (Å²) in [7, 11) is 1.97. The Morgan fingerprint density at radius 3 is 2.18 bits per heavy atom. The Bertz CT molecular complexity index is 1250. The number of alkyl halides is 3. The highest BCUT2D eigenvalue weighted by Crippen LogP contribution is 2.45. The molecule has 34 heavy (non-hydrogen) atoms. The number of hydrogen-bond donors (Lipinski definition) is 1. The molecule has 176 valence electrons. The van der Waals surface area contributed by atoms with Crippen molar-refractivity contribution in [2.45, 2.75) is 12.1 Å². The van der Waals surface area contributed by atoms with Crippen molar-refractivity contribution in [3.63, 3.8) is 0 Å². The number of hydrogen-bond acceptors (Lipinski definition) is 7. The molecule has 0 amide bonds. The van der Waals surface area contributed by atoms with Gasteiger partial charge in [0.05, 0.1) is 48.6 Å². The molecule has 0 saturated carbocycles. The van der Waals surface area contributed by atoms with Gasteiger partial charge in [0.15, 0.2) is 5.82 Å². The van der Waals surface area contributed by atoms with Crippen LogP contribution in [0.5, 0.6) is 0 Å². The second-order valence-corrected chi connectivity index (χ2v) is 6.97. The predicted molar refractivity (Wildman–Crippen MR) is 111 cm³/mol. The lowest BCUT2D eigenvalue weighted by Gasteiger charge is -2.36. The first-order valence-corrected chi connectivity index (χ1v) is 9.59. The van der Waals surface area contributed by atoms with Gasteiger partial charge in [-0.1, -0.05) is 36.4 Å². The van der Waals surface area contributed by atoms with Crippen LogP contribution in [-0.4, -0.2) is 26.2 Å². The summed E-state index contributed by atoms with van der Waals surface area (Å²) < 4.78 is 64.8. The minimum Gasteiger partial charge on any atom is -0.466 e. The lowest BCUT2D eigenvalue weighted by atomic mass is 9.81. The van der Waals surface area contributed by atoms with Crippen LogP contribution in [0.2, 0.25) is 0 Å². The largest absolute Gasteiger partial charge is 0.466 e. The van der Waals surface area contributed by atoms with Crippen molar-refractivity contribution in [3.8, 4) is 6.07 Å². The van der Waals surface area contributed by atoms with Crippen LogP contribution in [0.4, 0.5) is 23.2 Å². The lowest BCUT2D eigenvalue weighted by Crippen LogP contribution is -2.41. The number of carbonyl (C=O) groups excluding carboxylic acids is 2. The molecule has 0 aliphatic carbocycles. The fraction of sp³-hybridized carbons (Fsp3) is 0.174. The minimum atomic E-state index is -5.07. The second-order valence-electron chi connectivity index (χ2n) is 6.97. The number of methoxy groups -OCH3 is 2. The van der Waals surface area contributed by atoms with Crippen LogP contribution >= 0.6 is 0 Å². The number of halogens is 4. The maximum Gasteiger partial charge on any atom is 0.419 e. The normalized spacial score (nSPS) is 16.3. The van der Waals surface area contributed by atoms with E-state index < -0.39 is 58.2 Å². The molecule has 1 atom stereocenters. The van der Waals surface area contributed by atoms with Crippen molar-refractivity contribution in [1.82, 2.24) is 0 Å². The van der Waals surface area contributed by atoms with Crippen molar-refractivity contribution >= 4 is 17.6 Å². The van der Waals surface area contributed by atoms with E-state index in [2.05, 4.69) is 0 Å². The number of anilines is 1. The van der Waals surface area contributed by atoms with E-state index in [0.717, 1.165) is 26.4 Å². The van der Waals surface area contributed by atoms with Gasteiger partial charge in [-0.3, -0.25) is 4.90 Å². The van der Waals surface area contributed by atoms with E-state index in [1.165, 1.54) is 0 Å². The molecule has 11 heteroatoms. The number of nitrogens with zero attached hydrogens (tertiary/aromatic N) is 2. The molecule has 0 aromatic heterocycles. The van der Waals surface area contributed by atoms with Gasteiger partial charge in [0.1, 0.15) is 11.5 Å². The number of benzene rings is 2. The Labute approximate surface area is 191 Å². The standard InChI is InChI=1S/C23H17F4N3O4/c1-33-21(31)17-16(12-7-4-3-5-8-12)13(11-28)20(29)30(19(17)22(32)34-2)15-10-6-9-14(18(15)24)23(25,26)27/h3-10,16H,29H2,1-2H3. The summed E-state index contributed by atoms with van der Waals surface area (Å²) in [5.41, 5.74) is 2.61. The summed E-state index contributed by atoms with van der Waals surface area (Å²) in [4.78, 5) is 26.3. The number of rotatable bonds is 4. The van der Waals surface area contributed by atoms with Crippen LogP contribution in [0.25, 0.3) is 0 Å². The van der Waals surface area contributed by atoms with Crippen LogP contribution in [0, 0.1) is 17.1 Å².